The smallest absolute Gasteiger partial charge is 0.253 e. The lowest BCUT2D eigenvalue weighted by molar-refractivity contribution is -0.127. The van der Waals surface area contributed by atoms with Gasteiger partial charge in [-0.1, -0.05) is 23.7 Å². The number of halogens is 1. The molecule has 0 radical (unpaired) electrons. The summed E-state index contributed by atoms with van der Waals surface area (Å²) in [5.41, 5.74) is 3.13. The number of amides is 1. The molecular formula is C26H29ClN2O4S. The van der Waals surface area contributed by atoms with E-state index in [1.54, 1.807) is 22.5 Å². The van der Waals surface area contributed by atoms with E-state index >= 15 is 0 Å². The van der Waals surface area contributed by atoms with Crippen molar-refractivity contribution in [1.29, 1.82) is 0 Å². The number of benzene rings is 2. The third-order valence-corrected chi connectivity index (χ3v) is 9.71. The molecule has 3 aliphatic rings. The number of piperidine rings is 1. The van der Waals surface area contributed by atoms with Gasteiger partial charge in [0.05, 0.1) is 10.5 Å². The second-order valence-electron chi connectivity index (χ2n) is 9.79. The Labute approximate surface area is 206 Å². The average molecular weight is 501 g/mol. The highest BCUT2D eigenvalue weighted by atomic mass is 35.5. The van der Waals surface area contributed by atoms with Gasteiger partial charge in [0.15, 0.2) is 0 Å². The summed E-state index contributed by atoms with van der Waals surface area (Å²) in [6.07, 6.45) is 4.29. The van der Waals surface area contributed by atoms with Crippen molar-refractivity contribution in [3.8, 4) is 5.75 Å². The van der Waals surface area contributed by atoms with E-state index in [-0.39, 0.29) is 17.9 Å². The number of carbonyl (C=O) groups is 1. The second kappa shape index (κ2) is 8.70. The summed E-state index contributed by atoms with van der Waals surface area (Å²) in [6, 6.07) is 11.0. The molecule has 0 aliphatic carbocycles. The van der Waals surface area contributed by atoms with E-state index in [1.807, 2.05) is 43.0 Å². The largest absolute Gasteiger partial charge is 0.488 e. The first-order chi connectivity index (χ1) is 16.2. The first kappa shape index (κ1) is 23.4. The molecule has 5 rings (SSSR count). The van der Waals surface area contributed by atoms with Crippen molar-refractivity contribution < 1.29 is 17.9 Å². The van der Waals surface area contributed by atoms with Crippen LogP contribution in [0.5, 0.6) is 5.75 Å². The highest BCUT2D eigenvalue weighted by Crippen LogP contribution is 2.42. The molecule has 0 bridgehead atoms. The van der Waals surface area contributed by atoms with Gasteiger partial charge in [0.25, 0.3) is 5.91 Å². The molecule has 6 nitrogen and oxygen atoms in total. The zero-order valence-corrected chi connectivity index (χ0v) is 21.1. The molecule has 1 spiro atoms. The van der Waals surface area contributed by atoms with Crippen LogP contribution in [-0.2, 0) is 14.8 Å². The molecule has 2 saturated heterocycles. The van der Waals surface area contributed by atoms with Gasteiger partial charge in [0, 0.05) is 36.8 Å². The predicted molar refractivity (Wildman–Crippen MR) is 132 cm³/mol. The Balaban J connectivity index is 1.26. The van der Waals surface area contributed by atoms with Gasteiger partial charge in [-0.3, -0.25) is 4.79 Å². The number of carbonyl (C=O) groups excluding carboxylic acids is 1. The van der Waals surface area contributed by atoms with Crippen LogP contribution in [-0.4, -0.2) is 56.3 Å². The van der Waals surface area contributed by atoms with Crippen molar-refractivity contribution in [2.24, 2.45) is 5.41 Å². The summed E-state index contributed by atoms with van der Waals surface area (Å²) >= 11 is 6.10. The summed E-state index contributed by atoms with van der Waals surface area (Å²) in [4.78, 5) is 15.5. The molecule has 0 atom stereocenters. The number of nitrogens with zero attached hydrogens (tertiary/aromatic N) is 2. The van der Waals surface area contributed by atoms with Gasteiger partial charge in [0.1, 0.15) is 12.4 Å². The number of sulfonamides is 1. The van der Waals surface area contributed by atoms with E-state index in [9.17, 15) is 13.2 Å². The van der Waals surface area contributed by atoms with Crippen LogP contribution >= 0.6 is 11.6 Å². The molecule has 2 fully saturated rings. The van der Waals surface area contributed by atoms with Crippen LogP contribution < -0.4 is 4.74 Å². The third-order valence-electron chi connectivity index (χ3n) is 7.43. The van der Waals surface area contributed by atoms with Crippen molar-refractivity contribution in [2.45, 2.75) is 38.0 Å². The highest BCUT2D eigenvalue weighted by molar-refractivity contribution is 7.89. The number of ether oxygens (including phenoxy) is 1. The minimum atomic E-state index is -3.52. The Kier molecular flexibility index (Phi) is 5.99. The van der Waals surface area contributed by atoms with Gasteiger partial charge >= 0.3 is 0 Å². The van der Waals surface area contributed by atoms with E-state index < -0.39 is 10.0 Å². The standard InChI is InChI=1S/C26H29ClN2O4S/c1-18-3-4-19(2)24(13-18)34(31,32)29-11-8-26(9-12-29)7-10-28(17-26)25(30)21-14-20-15-22(27)5-6-23(20)33-16-21/h3-6,13-15H,7-12,16-17H2,1-2H3. The van der Waals surface area contributed by atoms with Gasteiger partial charge in [-0.05, 0) is 80.0 Å². The summed E-state index contributed by atoms with van der Waals surface area (Å²) in [5, 5.41) is 0.606. The molecule has 1 amide bonds. The molecule has 0 N–H and O–H groups in total. The van der Waals surface area contributed by atoms with Crippen LogP contribution in [0.4, 0.5) is 0 Å². The SMILES string of the molecule is Cc1ccc(C)c(S(=O)(=O)N2CCC3(CCN(C(=O)C4=Cc5cc(Cl)ccc5OC4)C3)CC2)c1. The van der Waals surface area contributed by atoms with Gasteiger partial charge in [-0.2, -0.15) is 4.31 Å². The lowest BCUT2D eigenvalue weighted by Gasteiger charge is -2.38. The van der Waals surface area contributed by atoms with E-state index in [1.165, 1.54) is 0 Å². The fourth-order valence-corrected chi connectivity index (χ4v) is 7.25. The van der Waals surface area contributed by atoms with Crippen LogP contribution in [0, 0.1) is 19.3 Å². The Bertz CT molecular complexity index is 1280. The molecule has 2 aromatic rings. The lowest BCUT2D eigenvalue weighted by atomic mass is 9.78. The van der Waals surface area contributed by atoms with Gasteiger partial charge < -0.3 is 9.64 Å². The molecule has 34 heavy (non-hydrogen) atoms. The zero-order valence-electron chi connectivity index (χ0n) is 19.5. The van der Waals surface area contributed by atoms with Crippen molar-refractivity contribution in [2.75, 3.05) is 32.8 Å². The van der Waals surface area contributed by atoms with Crippen molar-refractivity contribution >= 4 is 33.6 Å². The van der Waals surface area contributed by atoms with Gasteiger partial charge in [0.2, 0.25) is 10.0 Å². The predicted octanol–water partition coefficient (Wildman–Crippen LogP) is 4.44. The first-order valence-corrected chi connectivity index (χ1v) is 13.5. The van der Waals surface area contributed by atoms with Crippen LogP contribution in [0.15, 0.2) is 46.9 Å². The van der Waals surface area contributed by atoms with E-state index in [0.29, 0.717) is 41.7 Å². The molecule has 3 heterocycles. The second-order valence-corrected chi connectivity index (χ2v) is 12.1. The molecule has 3 aliphatic heterocycles. The maximum Gasteiger partial charge on any atom is 0.253 e. The van der Waals surface area contributed by atoms with Crippen molar-refractivity contribution in [3.63, 3.8) is 0 Å². The van der Waals surface area contributed by atoms with Crippen LogP contribution in [0.3, 0.4) is 0 Å². The summed E-state index contributed by atoms with van der Waals surface area (Å²) < 4.78 is 34.0. The Hall–Kier alpha value is -2.35. The third kappa shape index (κ3) is 4.25. The number of hydrogen-bond acceptors (Lipinski definition) is 4. The summed E-state index contributed by atoms with van der Waals surface area (Å²) in [7, 11) is -3.52. The molecular weight excluding hydrogens is 472 g/mol. The fourth-order valence-electron chi connectivity index (χ4n) is 5.32. The maximum atomic E-state index is 13.3. The molecule has 0 aromatic heterocycles. The van der Waals surface area contributed by atoms with Crippen LogP contribution in [0.1, 0.15) is 36.0 Å². The molecule has 0 saturated carbocycles. The summed E-state index contributed by atoms with van der Waals surface area (Å²) in [5.74, 6) is 0.726. The monoisotopic (exact) mass is 500 g/mol. The van der Waals surface area contributed by atoms with Crippen molar-refractivity contribution in [3.05, 3.63) is 63.7 Å². The average Bonchev–Trinajstić information content (AvgIpc) is 3.23. The number of fused-ring (bicyclic) bond motifs is 1. The molecule has 0 unspecified atom stereocenters. The molecule has 8 heteroatoms. The Morgan fingerprint density at radius 2 is 1.76 bits per heavy atom. The normalized spacial score (nSPS) is 20.1. The number of aryl methyl sites for hydroxylation is 2. The van der Waals surface area contributed by atoms with Crippen molar-refractivity contribution in [1.82, 2.24) is 9.21 Å². The number of rotatable bonds is 3. The van der Waals surface area contributed by atoms with Gasteiger partial charge in [-0.25, -0.2) is 8.42 Å². The first-order valence-electron chi connectivity index (χ1n) is 11.7. The zero-order chi connectivity index (χ0) is 24.1. The van der Waals surface area contributed by atoms with E-state index in [0.717, 1.165) is 41.7 Å². The number of likely N-dealkylation sites (tertiary alicyclic amines) is 1. The molecule has 2 aromatic carbocycles. The minimum Gasteiger partial charge on any atom is -0.488 e. The van der Waals surface area contributed by atoms with Gasteiger partial charge in [-0.15, -0.1) is 0 Å². The van der Waals surface area contributed by atoms with E-state index in [4.69, 9.17) is 16.3 Å². The Morgan fingerprint density at radius 1 is 1.03 bits per heavy atom. The maximum absolute atomic E-state index is 13.3. The Morgan fingerprint density at radius 3 is 2.53 bits per heavy atom. The summed E-state index contributed by atoms with van der Waals surface area (Å²) in [6.45, 7) is 6.30. The quantitative estimate of drug-likeness (QED) is 0.625. The lowest BCUT2D eigenvalue weighted by Crippen LogP contribution is -2.45. The van der Waals surface area contributed by atoms with E-state index in [2.05, 4.69) is 0 Å². The number of hydrogen-bond donors (Lipinski definition) is 0. The molecule has 180 valence electrons. The minimum absolute atomic E-state index is 0.00654. The highest BCUT2D eigenvalue weighted by Gasteiger charge is 2.44. The topological polar surface area (TPSA) is 66.9 Å². The van der Waals surface area contributed by atoms with Crippen LogP contribution in [0.2, 0.25) is 5.02 Å². The van der Waals surface area contributed by atoms with Crippen LogP contribution in [0.25, 0.3) is 6.08 Å². The fraction of sp³-hybridized carbons (Fsp3) is 0.423.